The first-order valence-electron chi connectivity index (χ1n) is 9.71. The summed E-state index contributed by atoms with van der Waals surface area (Å²) in [4.78, 5) is 32.0. The molecule has 1 saturated carbocycles. The molecular weight excluding hydrogens is 376 g/mol. The van der Waals surface area contributed by atoms with E-state index in [2.05, 4.69) is 15.5 Å². The summed E-state index contributed by atoms with van der Waals surface area (Å²) in [6.45, 7) is 3.24. The molecule has 1 aromatic heterocycles. The second kappa shape index (κ2) is 8.34. The molecular formula is C20H24N4O3S. The molecule has 2 heterocycles. The number of thioether (sulfide) groups is 1. The monoisotopic (exact) mass is 400 g/mol. The normalized spacial score (nSPS) is 17.5. The van der Waals surface area contributed by atoms with Gasteiger partial charge in [-0.3, -0.25) is 9.59 Å². The van der Waals surface area contributed by atoms with Gasteiger partial charge in [-0.1, -0.05) is 17.3 Å². The van der Waals surface area contributed by atoms with Gasteiger partial charge in [-0.15, -0.1) is 11.8 Å². The zero-order valence-corrected chi connectivity index (χ0v) is 16.7. The van der Waals surface area contributed by atoms with Crippen LogP contribution in [0.3, 0.4) is 0 Å². The fraction of sp³-hybridized carbons (Fsp3) is 0.500. The van der Waals surface area contributed by atoms with Crippen LogP contribution < -0.4 is 5.32 Å². The first kappa shape index (κ1) is 19.0. The molecule has 2 aromatic rings. The maximum absolute atomic E-state index is 12.8. The molecule has 4 rings (SSSR count). The van der Waals surface area contributed by atoms with Crippen LogP contribution in [0.5, 0.6) is 0 Å². The topological polar surface area (TPSA) is 88.3 Å². The Morgan fingerprint density at radius 3 is 2.64 bits per heavy atom. The average Bonchev–Trinajstić information content (AvgIpc) is 3.48. The van der Waals surface area contributed by atoms with Gasteiger partial charge in [0.25, 0.3) is 5.91 Å². The zero-order valence-electron chi connectivity index (χ0n) is 15.9. The number of likely N-dealkylation sites (tertiary alicyclic amines) is 1. The smallest absolute Gasteiger partial charge is 0.252 e. The highest BCUT2D eigenvalue weighted by Gasteiger charge is 2.35. The van der Waals surface area contributed by atoms with E-state index < -0.39 is 0 Å². The summed E-state index contributed by atoms with van der Waals surface area (Å²) in [5.74, 6) is 2.16. The summed E-state index contributed by atoms with van der Waals surface area (Å²) in [5, 5.41) is 6.93. The molecule has 0 atom stereocenters. The zero-order chi connectivity index (χ0) is 19.5. The predicted molar refractivity (Wildman–Crippen MR) is 105 cm³/mol. The SMILES string of the molecule is Cc1noc(CSc2ccccc2C(=O)NC2CCN(C(=O)C3CC3)CC2)n1. The number of hydrogen-bond acceptors (Lipinski definition) is 6. The first-order valence-corrected chi connectivity index (χ1v) is 10.7. The number of benzene rings is 1. The lowest BCUT2D eigenvalue weighted by molar-refractivity contribution is -0.133. The number of amides is 2. The van der Waals surface area contributed by atoms with Crippen molar-refractivity contribution >= 4 is 23.6 Å². The van der Waals surface area contributed by atoms with Gasteiger partial charge in [0.2, 0.25) is 11.8 Å². The van der Waals surface area contributed by atoms with Crippen LogP contribution in [-0.2, 0) is 10.5 Å². The van der Waals surface area contributed by atoms with Crippen LogP contribution >= 0.6 is 11.8 Å². The molecule has 0 bridgehead atoms. The van der Waals surface area contributed by atoms with Gasteiger partial charge >= 0.3 is 0 Å². The van der Waals surface area contributed by atoms with Crippen molar-refractivity contribution in [3.63, 3.8) is 0 Å². The van der Waals surface area contributed by atoms with E-state index in [4.69, 9.17) is 4.52 Å². The molecule has 2 fully saturated rings. The van der Waals surface area contributed by atoms with Crippen molar-refractivity contribution in [3.8, 4) is 0 Å². The van der Waals surface area contributed by atoms with Gasteiger partial charge in [-0.25, -0.2) is 0 Å². The highest BCUT2D eigenvalue weighted by molar-refractivity contribution is 7.98. The lowest BCUT2D eigenvalue weighted by Crippen LogP contribution is -2.47. The summed E-state index contributed by atoms with van der Waals surface area (Å²) >= 11 is 1.51. The van der Waals surface area contributed by atoms with Gasteiger partial charge in [-0.05, 0) is 44.7 Å². The van der Waals surface area contributed by atoms with Gasteiger partial charge in [0, 0.05) is 29.9 Å². The van der Waals surface area contributed by atoms with Gasteiger partial charge in [-0.2, -0.15) is 4.98 Å². The van der Waals surface area contributed by atoms with E-state index in [1.807, 2.05) is 29.2 Å². The molecule has 148 valence electrons. The number of rotatable bonds is 6. The van der Waals surface area contributed by atoms with Crippen molar-refractivity contribution in [3.05, 3.63) is 41.5 Å². The van der Waals surface area contributed by atoms with Crippen molar-refractivity contribution in [1.29, 1.82) is 0 Å². The summed E-state index contributed by atoms with van der Waals surface area (Å²) in [6, 6.07) is 7.65. The standard InChI is InChI=1S/C20H24N4O3S/c1-13-21-18(27-23-13)12-28-17-5-3-2-4-16(17)19(25)22-15-8-10-24(11-9-15)20(26)14-6-7-14/h2-5,14-15H,6-12H2,1H3,(H,22,25). The molecule has 1 aliphatic carbocycles. The molecule has 2 amide bonds. The van der Waals surface area contributed by atoms with Gasteiger partial charge in [0.05, 0.1) is 11.3 Å². The minimum Gasteiger partial charge on any atom is -0.349 e. The second-order valence-electron chi connectivity index (χ2n) is 7.37. The number of nitrogens with one attached hydrogen (secondary N) is 1. The van der Waals surface area contributed by atoms with Crippen LogP contribution in [0.25, 0.3) is 0 Å². The molecule has 0 radical (unpaired) electrons. The third-order valence-corrected chi connectivity index (χ3v) is 6.18. The van der Waals surface area contributed by atoms with Crippen molar-refractivity contribution in [2.75, 3.05) is 13.1 Å². The Labute approximate surface area is 168 Å². The highest BCUT2D eigenvalue weighted by atomic mass is 32.2. The summed E-state index contributed by atoms with van der Waals surface area (Å²) in [6.07, 6.45) is 3.68. The molecule has 8 heteroatoms. The van der Waals surface area contributed by atoms with Crippen LogP contribution in [0, 0.1) is 12.8 Å². The molecule has 28 heavy (non-hydrogen) atoms. The van der Waals surface area contributed by atoms with Gasteiger partial charge in [0.1, 0.15) is 0 Å². The Balaban J connectivity index is 1.32. The lowest BCUT2D eigenvalue weighted by atomic mass is 10.0. The number of hydrogen-bond donors (Lipinski definition) is 1. The fourth-order valence-electron chi connectivity index (χ4n) is 3.41. The summed E-state index contributed by atoms with van der Waals surface area (Å²) in [7, 11) is 0. The number of aromatic nitrogens is 2. The van der Waals surface area contributed by atoms with Crippen LogP contribution in [-0.4, -0.2) is 46.0 Å². The Hall–Kier alpha value is -2.35. The number of aryl methyl sites for hydroxylation is 1. The minimum atomic E-state index is -0.0724. The average molecular weight is 401 g/mol. The maximum Gasteiger partial charge on any atom is 0.252 e. The summed E-state index contributed by atoms with van der Waals surface area (Å²) in [5.41, 5.74) is 0.653. The molecule has 0 unspecified atom stereocenters. The molecule has 7 nitrogen and oxygen atoms in total. The van der Waals surface area contributed by atoms with Crippen LogP contribution in [0.4, 0.5) is 0 Å². The Morgan fingerprint density at radius 2 is 1.96 bits per heavy atom. The van der Waals surface area contributed by atoms with E-state index in [1.54, 1.807) is 6.92 Å². The molecule has 1 aliphatic heterocycles. The lowest BCUT2D eigenvalue weighted by Gasteiger charge is -2.32. The quantitative estimate of drug-likeness (QED) is 0.750. The van der Waals surface area contributed by atoms with E-state index >= 15 is 0 Å². The van der Waals surface area contributed by atoms with Gasteiger partial charge in [0.15, 0.2) is 5.82 Å². The first-order chi connectivity index (χ1) is 13.6. The number of carbonyl (C=O) groups is 2. The Kier molecular flexibility index (Phi) is 5.66. The highest BCUT2D eigenvalue weighted by Crippen LogP contribution is 2.32. The Morgan fingerprint density at radius 1 is 1.21 bits per heavy atom. The molecule has 0 spiro atoms. The van der Waals surface area contributed by atoms with E-state index in [0.29, 0.717) is 28.9 Å². The van der Waals surface area contributed by atoms with Crippen LogP contribution in [0.2, 0.25) is 0 Å². The van der Waals surface area contributed by atoms with Crippen LogP contribution in [0.1, 0.15) is 47.8 Å². The number of carbonyl (C=O) groups excluding carboxylic acids is 2. The molecule has 2 aliphatic rings. The predicted octanol–water partition coefficient (Wildman–Crippen LogP) is 2.80. The second-order valence-corrected chi connectivity index (χ2v) is 8.38. The molecule has 1 saturated heterocycles. The van der Waals surface area contributed by atoms with Crippen molar-refractivity contribution < 1.29 is 14.1 Å². The van der Waals surface area contributed by atoms with E-state index in [1.165, 1.54) is 11.8 Å². The third kappa shape index (κ3) is 4.55. The number of nitrogens with zero attached hydrogens (tertiary/aromatic N) is 3. The third-order valence-electron chi connectivity index (χ3n) is 5.12. The molecule has 1 aromatic carbocycles. The van der Waals surface area contributed by atoms with E-state index in [-0.39, 0.29) is 17.9 Å². The van der Waals surface area contributed by atoms with E-state index in [0.717, 1.165) is 43.7 Å². The fourth-order valence-corrected chi connectivity index (χ4v) is 4.30. The Bertz CT molecular complexity index is 857. The van der Waals surface area contributed by atoms with Crippen molar-refractivity contribution in [2.45, 2.75) is 49.3 Å². The van der Waals surface area contributed by atoms with Crippen molar-refractivity contribution in [1.82, 2.24) is 20.4 Å². The molecule has 1 N–H and O–H groups in total. The van der Waals surface area contributed by atoms with E-state index in [9.17, 15) is 9.59 Å². The number of piperidine rings is 1. The largest absolute Gasteiger partial charge is 0.349 e. The summed E-state index contributed by atoms with van der Waals surface area (Å²) < 4.78 is 5.14. The maximum atomic E-state index is 12.8. The van der Waals surface area contributed by atoms with Crippen LogP contribution in [0.15, 0.2) is 33.7 Å². The van der Waals surface area contributed by atoms with Gasteiger partial charge < -0.3 is 14.7 Å². The van der Waals surface area contributed by atoms with Crippen molar-refractivity contribution in [2.24, 2.45) is 5.92 Å². The minimum absolute atomic E-state index is 0.0724.